The highest BCUT2D eigenvalue weighted by Gasteiger charge is 2.32. The van der Waals surface area contributed by atoms with Crippen molar-refractivity contribution in [1.29, 1.82) is 0 Å². The molecule has 0 aliphatic rings. The van der Waals surface area contributed by atoms with E-state index in [1.54, 1.807) is 0 Å². The van der Waals surface area contributed by atoms with Crippen LogP contribution >= 0.6 is 0 Å². The Kier molecular flexibility index (Phi) is 5.75. The number of benzene rings is 1. The van der Waals surface area contributed by atoms with E-state index in [4.69, 9.17) is 5.73 Å². The third-order valence-electron chi connectivity index (χ3n) is 3.80. The molecule has 2 unspecified atom stereocenters. The quantitative estimate of drug-likeness (QED) is 0.897. The normalized spacial score (nSPS) is 14.7. The van der Waals surface area contributed by atoms with Crippen LogP contribution in [0.1, 0.15) is 46.6 Å². The highest BCUT2D eigenvalue weighted by molar-refractivity contribution is 5.82. The Morgan fingerprint density at radius 1 is 1.25 bits per heavy atom. The summed E-state index contributed by atoms with van der Waals surface area (Å²) in [5.74, 6) is 0.0377. The van der Waals surface area contributed by atoms with Crippen molar-refractivity contribution in [2.24, 2.45) is 11.1 Å². The van der Waals surface area contributed by atoms with Gasteiger partial charge in [0.2, 0.25) is 5.91 Å². The van der Waals surface area contributed by atoms with E-state index < -0.39 is 6.04 Å². The van der Waals surface area contributed by atoms with Crippen LogP contribution < -0.4 is 5.73 Å². The van der Waals surface area contributed by atoms with Gasteiger partial charge >= 0.3 is 0 Å². The van der Waals surface area contributed by atoms with Crippen LogP contribution in [0.3, 0.4) is 0 Å². The summed E-state index contributed by atoms with van der Waals surface area (Å²) in [5, 5.41) is 0. The van der Waals surface area contributed by atoms with Gasteiger partial charge < -0.3 is 10.6 Å². The summed E-state index contributed by atoms with van der Waals surface area (Å²) >= 11 is 0. The lowest BCUT2D eigenvalue weighted by molar-refractivity contribution is -0.137. The molecular weight excluding hydrogens is 248 g/mol. The molecule has 2 N–H and O–H groups in total. The second-order valence-corrected chi connectivity index (χ2v) is 6.55. The molecule has 0 radical (unpaired) electrons. The Bertz CT molecular complexity index is 422. The van der Waals surface area contributed by atoms with E-state index >= 15 is 0 Å². The van der Waals surface area contributed by atoms with E-state index in [-0.39, 0.29) is 17.4 Å². The minimum atomic E-state index is -0.472. The summed E-state index contributed by atoms with van der Waals surface area (Å²) in [7, 11) is 0. The van der Waals surface area contributed by atoms with Crippen molar-refractivity contribution >= 4 is 5.91 Å². The van der Waals surface area contributed by atoms with Crippen molar-refractivity contribution in [3.8, 4) is 0 Å². The third kappa shape index (κ3) is 4.34. The lowest BCUT2D eigenvalue weighted by atomic mass is 9.86. The van der Waals surface area contributed by atoms with Crippen molar-refractivity contribution in [2.45, 2.75) is 59.7 Å². The molecule has 20 heavy (non-hydrogen) atoms. The van der Waals surface area contributed by atoms with Gasteiger partial charge in [-0.25, -0.2) is 0 Å². The predicted octanol–water partition coefficient (Wildman–Crippen LogP) is 3.19. The Balaban J connectivity index is 2.93. The maximum absolute atomic E-state index is 12.7. The average Bonchev–Trinajstić information content (AvgIpc) is 2.42. The van der Waals surface area contributed by atoms with E-state index in [9.17, 15) is 4.79 Å². The Morgan fingerprint density at radius 2 is 1.80 bits per heavy atom. The van der Waals surface area contributed by atoms with Gasteiger partial charge in [-0.2, -0.15) is 0 Å². The molecule has 0 aromatic heterocycles. The molecular formula is C17H28N2O. The lowest BCUT2D eigenvalue weighted by Crippen LogP contribution is -2.52. The number of amides is 1. The first-order chi connectivity index (χ1) is 9.27. The molecule has 1 aromatic rings. The second-order valence-electron chi connectivity index (χ2n) is 6.55. The fourth-order valence-electron chi connectivity index (χ4n) is 2.00. The minimum absolute atomic E-state index is 0.0377. The first kappa shape index (κ1) is 16.7. The molecule has 0 spiro atoms. The van der Waals surface area contributed by atoms with Crippen molar-refractivity contribution in [3.63, 3.8) is 0 Å². The fraction of sp³-hybridized carbons (Fsp3) is 0.588. The van der Waals surface area contributed by atoms with E-state index in [1.807, 2.05) is 56.0 Å². The van der Waals surface area contributed by atoms with Crippen LogP contribution in [0.25, 0.3) is 0 Å². The standard InChI is InChI=1S/C17H28N2O/c1-6-13(2)19(12-14-10-8-7-9-11-14)16(20)15(18)17(3,4)5/h7-11,13,15H,6,12,18H2,1-5H3. The molecule has 3 heteroatoms. The zero-order valence-corrected chi connectivity index (χ0v) is 13.4. The molecule has 112 valence electrons. The zero-order valence-electron chi connectivity index (χ0n) is 13.4. The molecule has 0 saturated heterocycles. The number of carbonyl (C=O) groups excluding carboxylic acids is 1. The summed E-state index contributed by atoms with van der Waals surface area (Å²) in [5.41, 5.74) is 7.07. The highest BCUT2D eigenvalue weighted by Crippen LogP contribution is 2.21. The number of hydrogen-bond acceptors (Lipinski definition) is 2. The molecule has 0 saturated carbocycles. The van der Waals surface area contributed by atoms with E-state index in [1.165, 1.54) is 0 Å². The topological polar surface area (TPSA) is 46.3 Å². The fourth-order valence-corrected chi connectivity index (χ4v) is 2.00. The van der Waals surface area contributed by atoms with Crippen LogP contribution in [0.4, 0.5) is 0 Å². The Labute approximate surface area is 123 Å². The monoisotopic (exact) mass is 276 g/mol. The van der Waals surface area contributed by atoms with Gasteiger partial charge in [-0.15, -0.1) is 0 Å². The second kappa shape index (κ2) is 6.89. The van der Waals surface area contributed by atoms with Crippen molar-refractivity contribution in [2.75, 3.05) is 0 Å². The van der Waals surface area contributed by atoms with Crippen molar-refractivity contribution in [3.05, 3.63) is 35.9 Å². The molecule has 0 aliphatic heterocycles. The Hall–Kier alpha value is -1.35. The van der Waals surface area contributed by atoms with Crippen LogP contribution in [0, 0.1) is 5.41 Å². The van der Waals surface area contributed by atoms with Gasteiger partial charge in [0.1, 0.15) is 0 Å². The van der Waals surface area contributed by atoms with Gasteiger partial charge in [-0.05, 0) is 24.3 Å². The maximum Gasteiger partial charge on any atom is 0.240 e. The molecule has 0 heterocycles. The molecule has 1 rings (SSSR count). The van der Waals surface area contributed by atoms with Crippen molar-refractivity contribution in [1.82, 2.24) is 4.90 Å². The molecule has 1 aromatic carbocycles. The van der Waals surface area contributed by atoms with E-state index in [2.05, 4.69) is 13.8 Å². The number of carbonyl (C=O) groups is 1. The predicted molar refractivity (Wildman–Crippen MR) is 84.2 cm³/mol. The molecule has 2 atom stereocenters. The summed E-state index contributed by atoms with van der Waals surface area (Å²) in [4.78, 5) is 14.6. The summed E-state index contributed by atoms with van der Waals surface area (Å²) in [6, 6.07) is 9.80. The average molecular weight is 276 g/mol. The van der Waals surface area contributed by atoms with E-state index in [0.717, 1.165) is 12.0 Å². The number of rotatable bonds is 5. The minimum Gasteiger partial charge on any atom is -0.334 e. The number of hydrogen-bond donors (Lipinski definition) is 1. The molecule has 1 amide bonds. The summed E-state index contributed by atoms with van der Waals surface area (Å²) in [6.07, 6.45) is 0.926. The number of nitrogens with two attached hydrogens (primary N) is 1. The van der Waals surface area contributed by atoms with Crippen LogP contribution in [0.2, 0.25) is 0 Å². The van der Waals surface area contributed by atoms with Gasteiger partial charge in [0.25, 0.3) is 0 Å². The third-order valence-corrected chi connectivity index (χ3v) is 3.80. The maximum atomic E-state index is 12.7. The molecule has 0 bridgehead atoms. The van der Waals surface area contributed by atoms with Crippen LogP contribution in [0.15, 0.2) is 30.3 Å². The zero-order chi connectivity index (χ0) is 15.3. The van der Waals surface area contributed by atoms with Gasteiger partial charge in [0.15, 0.2) is 0 Å². The molecule has 0 fully saturated rings. The van der Waals surface area contributed by atoms with Gasteiger partial charge in [-0.3, -0.25) is 4.79 Å². The van der Waals surface area contributed by atoms with Crippen LogP contribution in [-0.4, -0.2) is 22.9 Å². The smallest absolute Gasteiger partial charge is 0.240 e. The first-order valence-electron chi connectivity index (χ1n) is 7.37. The molecule has 3 nitrogen and oxygen atoms in total. The largest absolute Gasteiger partial charge is 0.334 e. The Morgan fingerprint density at radius 3 is 2.25 bits per heavy atom. The highest BCUT2D eigenvalue weighted by atomic mass is 16.2. The van der Waals surface area contributed by atoms with Crippen LogP contribution in [-0.2, 0) is 11.3 Å². The van der Waals surface area contributed by atoms with Gasteiger partial charge in [0.05, 0.1) is 6.04 Å². The lowest BCUT2D eigenvalue weighted by Gasteiger charge is -2.35. The van der Waals surface area contributed by atoms with Gasteiger partial charge in [-0.1, -0.05) is 58.0 Å². The van der Waals surface area contributed by atoms with Crippen LogP contribution in [0.5, 0.6) is 0 Å². The summed E-state index contributed by atoms with van der Waals surface area (Å²) < 4.78 is 0. The summed E-state index contributed by atoms with van der Waals surface area (Å²) in [6.45, 7) is 10.8. The van der Waals surface area contributed by atoms with Crippen molar-refractivity contribution < 1.29 is 4.79 Å². The number of nitrogens with zero attached hydrogens (tertiary/aromatic N) is 1. The first-order valence-corrected chi connectivity index (χ1v) is 7.37. The molecule has 0 aliphatic carbocycles. The SMILES string of the molecule is CCC(C)N(Cc1ccccc1)C(=O)C(N)C(C)(C)C. The van der Waals surface area contributed by atoms with Gasteiger partial charge in [0, 0.05) is 12.6 Å². The van der Waals surface area contributed by atoms with E-state index in [0.29, 0.717) is 6.54 Å².